The molecule has 0 amide bonds. The summed E-state index contributed by atoms with van der Waals surface area (Å²) in [6.45, 7) is 7.75. The molecule has 0 aliphatic heterocycles. The van der Waals surface area contributed by atoms with Gasteiger partial charge in [-0.3, -0.25) is 0 Å². The molecule has 0 rings (SSSR count). The number of ether oxygens (including phenoxy) is 1. The Hall–Kier alpha value is -0.500. The monoisotopic (exact) mass is 158 g/mol. The molecule has 0 radical (unpaired) electrons. The van der Waals surface area contributed by atoms with Crippen molar-refractivity contribution in [2.75, 3.05) is 0 Å². The van der Waals surface area contributed by atoms with Gasteiger partial charge in [0.1, 0.15) is 0 Å². The Morgan fingerprint density at radius 2 is 2.09 bits per heavy atom. The molecule has 1 atom stereocenters. The highest BCUT2D eigenvalue weighted by Gasteiger charge is 2.03. The molecule has 0 aromatic heterocycles. The van der Waals surface area contributed by atoms with Gasteiger partial charge in [0.25, 0.3) is 0 Å². The van der Waals surface area contributed by atoms with Crippen molar-refractivity contribution in [3.8, 4) is 0 Å². The number of hydrogen-bond donors (Lipinski definition) is 1. The Morgan fingerprint density at radius 3 is 2.55 bits per heavy atom. The second-order valence-electron chi connectivity index (χ2n) is 2.65. The fourth-order valence-electron chi connectivity index (χ4n) is 0.836. The van der Waals surface area contributed by atoms with Crippen LogP contribution in [0.15, 0.2) is 12.3 Å². The molecule has 0 bridgehead atoms. The number of rotatable bonds is 6. The lowest BCUT2D eigenvalue weighted by atomic mass is 10.3. The summed E-state index contributed by atoms with van der Waals surface area (Å²) in [5.74, 6) is 0.688. The summed E-state index contributed by atoms with van der Waals surface area (Å²) in [6.07, 6.45) is 2.81. The van der Waals surface area contributed by atoms with Crippen molar-refractivity contribution in [3.63, 3.8) is 0 Å². The highest BCUT2D eigenvalue weighted by atomic mass is 16.6. The quantitative estimate of drug-likeness (QED) is 0.475. The van der Waals surface area contributed by atoms with Crippen molar-refractivity contribution < 1.29 is 9.84 Å². The zero-order chi connectivity index (χ0) is 8.69. The van der Waals surface area contributed by atoms with E-state index >= 15 is 0 Å². The highest BCUT2D eigenvalue weighted by molar-refractivity contribution is 4.81. The molecule has 1 unspecified atom stereocenters. The van der Waals surface area contributed by atoms with Crippen LogP contribution in [-0.2, 0) is 4.74 Å². The van der Waals surface area contributed by atoms with Gasteiger partial charge in [-0.2, -0.15) is 0 Å². The van der Waals surface area contributed by atoms with E-state index in [0.29, 0.717) is 12.2 Å². The smallest absolute Gasteiger partial charge is 0.196 e. The molecule has 0 aromatic carbocycles. The lowest BCUT2D eigenvalue weighted by Crippen LogP contribution is -2.10. The number of aliphatic hydroxyl groups is 1. The van der Waals surface area contributed by atoms with E-state index < -0.39 is 6.29 Å². The van der Waals surface area contributed by atoms with E-state index in [2.05, 4.69) is 13.5 Å². The van der Waals surface area contributed by atoms with Crippen molar-refractivity contribution >= 4 is 0 Å². The second-order valence-corrected chi connectivity index (χ2v) is 2.65. The minimum atomic E-state index is -0.654. The van der Waals surface area contributed by atoms with Crippen LogP contribution < -0.4 is 0 Å². The van der Waals surface area contributed by atoms with E-state index in [9.17, 15) is 0 Å². The van der Waals surface area contributed by atoms with E-state index in [-0.39, 0.29) is 0 Å². The molecule has 0 fully saturated rings. The SMILES string of the molecule is C=C(CCC)OC(O)CCC. The van der Waals surface area contributed by atoms with Gasteiger partial charge >= 0.3 is 0 Å². The van der Waals surface area contributed by atoms with Gasteiger partial charge in [-0.1, -0.05) is 26.8 Å². The van der Waals surface area contributed by atoms with Crippen LogP contribution in [0.25, 0.3) is 0 Å². The predicted molar refractivity (Wildman–Crippen MR) is 46.0 cm³/mol. The van der Waals surface area contributed by atoms with Gasteiger partial charge in [0.05, 0.1) is 5.76 Å². The molecular formula is C9H18O2. The van der Waals surface area contributed by atoms with Gasteiger partial charge in [0, 0.05) is 12.8 Å². The van der Waals surface area contributed by atoms with E-state index in [0.717, 1.165) is 19.3 Å². The molecule has 1 N–H and O–H groups in total. The molecule has 2 nitrogen and oxygen atoms in total. The summed E-state index contributed by atoms with van der Waals surface area (Å²) in [5, 5.41) is 9.16. The molecule has 0 saturated carbocycles. The van der Waals surface area contributed by atoms with Gasteiger partial charge in [0.15, 0.2) is 6.29 Å². The van der Waals surface area contributed by atoms with Gasteiger partial charge in [0.2, 0.25) is 0 Å². The number of allylic oxidation sites excluding steroid dienone is 1. The highest BCUT2D eigenvalue weighted by Crippen LogP contribution is 2.08. The Balaban J connectivity index is 3.40. The van der Waals surface area contributed by atoms with Gasteiger partial charge in [-0.25, -0.2) is 0 Å². The molecular weight excluding hydrogens is 140 g/mol. The van der Waals surface area contributed by atoms with E-state index in [1.54, 1.807) is 0 Å². The summed E-state index contributed by atoms with van der Waals surface area (Å²) >= 11 is 0. The first-order chi connectivity index (χ1) is 5.20. The summed E-state index contributed by atoms with van der Waals surface area (Å²) in [5.41, 5.74) is 0. The topological polar surface area (TPSA) is 29.5 Å². The predicted octanol–water partition coefficient (Wildman–Crippen LogP) is 2.44. The Bertz CT molecular complexity index is 110. The minimum absolute atomic E-state index is 0.654. The Morgan fingerprint density at radius 1 is 1.45 bits per heavy atom. The van der Waals surface area contributed by atoms with Crippen molar-refractivity contribution in [2.45, 2.75) is 45.8 Å². The molecule has 0 spiro atoms. The normalized spacial score (nSPS) is 12.6. The van der Waals surface area contributed by atoms with E-state index in [1.165, 1.54) is 0 Å². The van der Waals surface area contributed by atoms with E-state index in [4.69, 9.17) is 9.84 Å². The molecule has 11 heavy (non-hydrogen) atoms. The van der Waals surface area contributed by atoms with Gasteiger partial charge < -0.3 is 9.84 Å². The first kappa shape index (κ1) is 10.5. The molecule has 0 heterocycles. The average Bonchev–Trinajstić information content (AvgIpc) is 1.87. The van der Waals surface area contributed by atoms with E-state index in [1.807, 2.05) is 6.92 Å². The molecule has 0 aliphatic carbocycles. The Kier molecular flexibility index (Phi) is 5.94. The first-order valence-corrected chi connectivity index (χ1v) is 4.23. The second kappa shape index (κ2) is 6.23. The minimum Gasteiger partial charge on any atom is -0.470 e. The van der Waals surface area contributed by atoms with Crippen LogP contribution >= 0.6 is 0 Å². The number of hydrogen-bond acceptors (Lipinski definition) is 2. The lowest BCUT2D eigenvalue weighted by molar-refractivity contribution is -0.0718. The molecule has 0 aliphatic rings. The molecule has 66 valence electrons. The van der Waals surface area contributed by atoms with Crippen molar-refractivity contribution in [1.29, 1.82) is 0 Å². The lowest BCUT2D eigenvalue weighted by Gasteiger charge is -2.13. The van der Waals surface area contributed by atoms with Crippen LogP contribution in [-0.4, -0.2) is 11.4 Å². The van der Waals surface area contributed by atoms with Crippen LogP contribution in [0.3, 0.4) is 0 Å². The summed E-state index contributed by atoms with van der Waals surface area (Å²) in [4.78, 5) is 0. The van der Waals surface area contributed by atoms with Crippen LogP contribution in [0, 0.1) is 0 Å². The standard InChI is InChI=1S/C9H18O2/c1-4-6-8(3)11-9(10)7-5-2/h9-10H,3-7H2,1-2H3. The third kappa shape index (κ3) is 5.92. The molecule has 0 saturated heterocycles. The van der Waals surface area contributed by atoms with Crippen molar-refractivity contribution in [1.82, 2.24) is 0 Å². The maximum atomic E-state index is 9.16. The summed E-state index contributed by atoms with van der Waals surface area (Å²) < 4.78 is 5.09. The maximum Gasteiger partial charge on any atom is 0.196 e. The fraction of sp³-hybridized carbons (Fsp3) is 0.778. The van der Waals surface area contributed by atoms with Crippen LogP contribution in [0.1, 0.15) is 39.5 Å². The fourth-order valence-corrected chi connectivity index (χ4v) is 0.836. The average molecular weight is 158 g/mol. The van der Waals surface area contributed by atoms with Crippen molar-refractivity contribution in [2.24, 2.45) is 0 Å². The summed E-state index contributed by atoms with van der Waals surface area (Å²) in [6, 6.07) is 0. The Labute approximate surface area is 68.9 Å². The zero-order valence-corrected chi connectivity index (χ0v) is 7.47. The zero-order valence-electron chi connectivity index (χ0n) is 7.47. The van der Waals surface area contributed by atoms with Gasteiger partial charge in [-0.05, 0) is 6.42 Å². The largest absolute Gasteiger partial charge is 0.470 e. The third-order valence-corrected chi connectivity index (χ3v) is 1.37. The molecule has 2 heteroatoms. The van der Waals surface area contributed by atoms with Crippen molar-refractivity contribution in [3.05, 3.63) is 12.3 Å². The van der Waals surface area contributed by atoms with Crippen LogP contribution in [0.4, 0.5) is 0 Å². The number of aliphatic hydroxyl groups excluding tert-OH is 1. The van der Waals surface area contributed by atoms with Gasteiger partial charge in [-0.15, -0.1) is 0 Å². The van der Waals surface area contributed by atoms with Crippen LogP contribution in [0.2, 0.25) is 0 Å². The first-order valence-electron chi connectivity index (χ1n) is 4.23. The van der Waals surface area contributed by atoms with Crippen LogP contribution in [0.5, 0.6) is 0 Å². The maximum absolute atomic E-state index is 9.16. The summed E-state index contributed by atoms with van der Waals surface area (Å²) in [7, 11) is 0. The molecule has 0 aromatic rings. The third-order valence-electron chi connectivity index (χ3n) is 1.37.